The lowest BCUT2D eigenvalue weighted by molar-refractivity contribution is -0.215. The van der Waals surface area contributed by atoms with E-state index < -0.39 is 17.1 Å². The third kappa shape index (κ3) is 2.89. The number of piperidine rings is 1. The van der Waals surface area contributed by atoms with Crippen LogP contribution in [0.25, 0.3) is 0 Å². The molecule has 0 amide bonds. The van der Waals surface area contributed by atoms with E-state index in [2.05, 4.69) is 4.90 Å². The van der Waals surface area contributed by atoms with Crippen molar-refractivity contribution < 1.29 is 28.9 Å². The maximum absolute atomic E-state index is 13.7. The highest BCUT2D eigenvalue weighted by Gasteiger charge is 2.75. The molecule has 0 radical (unpaired) electrons. The quantitative estimate of drug-likeness (QED) is 0.623. The van der Waals surface area contributed by atoms with Crippen molar-refractivity contribution in [3.63, 3.8) is 0 Å². The lowest BCUT2D eigenvalue weighted by atomic mass is 9.48. The molecule has 1 spiro atoms. The van der Waals surface area contributed by atoms with Crippen molar-refractivity contribution >= 4 is 11.8 Å². The Hall–Kier alpha value is -3.06. The van der Waals surface area contributed by atoms with Gasteiger partial charge in [-0.1, -0.05) is 24.3 Å². The minimum atomic E-state index is -0.885. The van der Waals surface area contributed by atoms with Crippen molar-refractivity contribution in [3.8, 4) is 17.2 Å². The number of carbonyl (C=O) groups is 2. The molecule has 2 saturated carbocycles. The molecule has 7 heteroatoms. The summed E-state index contributed by atoms with van der Waals surface area (Å²) < 4.78 is 18.4. The van der Waals surface area contributed by atoms with E-state index in [1.165, 1.54) is 12.8 Å². The fraction of sp³-hybridized carbons (Fsp3) is 0.517. The van der Waals surface area contributed by atoms with Gasteiger partial charge in [-0.3, -0.25) is 14.5 Å². The molecular formula is C29H31NO6. The van der Waals surface area contributed by atoms with E-state index in [9.17, 15) is 14.7 Å². The number of hydrogen-bond acceptors (Lipinski definition) is 7. The number of ketones is 1. The molecule has 1 saturated heterocycles. The molecule has 2 heterocycles. The third-order valence-corrected chi connectivity index (χ3v) is 9.34. The van der Waals surface area contributed by atoms with Crippen molar-refractivity contribution in [3.05, 3.63) is 53.1 Å². The topological polar surface area (TPSA) is 85.3 Å². The predicted molar refractivity (Wildman–Crippen MR) is 130 cm³/mol. The number of para-hydroxylation sites is 1. The normalized spacial score (nSPS) is 32.0. The first-order valence-electron chi connectivity index (χ1n) is 13.1. The second kappa shape index (κ2) is 7.72. The zero-order chi connectivity index (χ0) is 24.7. The van der Waals surface area contributed by atoms with Crippen LogP contribution >= 0.6 is 0 Å². The minimum Gasteiger partial charge on any atom is -0.504 e. The Balaban J connectivity index is 1.35. The number of ether oxygens (including phenoxy) is 3. The predicted octanol–water partition coefficient (Wildman–Crippen LogP) is 3.33. The molecule has 2 aromatic carbocycles. The van der Waals surface area contributed by atoms with E-state index in [0.717, 1.165) is 29.8 Å². The SMILES string of the molecule is COc1ccccc1CC(=O)O[C@@]12CCC(=O)[C@@H]3Oc4c(O)ccc5c4[C@@]31CCN(CC1CC1)C2C5. The van der Waals surface area contributed by atoms with Crippen LogP contribution < -0.4 is 9.47 Å². The summed E-state index contributed by atoms with van der Waals surface area (Å²) in [5, 5.41) is 10.7. The van der Waals surface area contributed by atoms with Crippen molar-refractivity contribution in [1.29, 1.82) is 0 Å². The van der Waals surface area contributed by atoms with Gasteiger partial charge in [-0.2, -0.15) is 0 Å². The number of carbonyl (C=O) groups excluding carboxylic acids is 2. The molecule has 2 aliphatic heterocycles. The van der Waals surface area contributed by atoms with Crippen LogP contribution in [0.2, 0.25) is 0 Å². The number of hydrogen-bond donors (Lipinski definition) is 1. The highest BCUT2D eigenvalue weighted by molar-refractivity contribution is 5.90. The maximum Gasteiger partial charge on any atom is 0.311 e. The Bertz CT molecular complexity index is 1270. The second-order valence-corrected chi connectivity index (χ2v) is 11.1. The van der Waals surface area contributed by atoms with Gasteiger partial charge in [-0.15, -0.1) is 0 Å². The summed E-state index contributed by atoms with van der Waals surface area (Å²) in [5.74, 6) is 1.53. The highest BCUT2D eigenvalue weighted by Crippen LogP contribution is 2.66. The van der Waals surface area contributed by atoms with Crippen molar-refractivity contribution in [2.75, 3.05) is 20.2 Å². The largest absolute Gasteiger partial charge is 0.504 e. The summed E-state index contributed by atoms with van der Waals surface area (Å²) >= 11 is 0. The Kier molecular flexibility index (Phi) is 4.75. The first-order valence-corrected chi connectivity index (χ1v) is 13.1. The van der Waals surface area contributed by atoms with Gasteiger partial charge in [0.05, 0.1) is 25.0 Å². The minimum absolute atomic E-state index is 0.0317. The molecule has 3 fully saturated rings. The molecule has 0 aromatic heterocycles. The second-order valence-electron chi connectivity index (χ2n) is 11.1. The van der Waals surface area contributed by atoms with Gasteiger partial charge in [0.15, 0.2) is 23.4 Å². The zero-order valence-corrected chi connectivity index (χ0v) is 20.5. The monoisotopic (exact) mass is 489 g/mol. The van der Waals surface area contributed by atoms with E-state index in [0.29, 0.717) is 43.1 Å². The van der Waals surface area contributed by atoms with Crippen LogP contribution in [-0.4, -0.2) is 59.7 Å². The molecule has 7 rings (SSSR count). The maximum atomic E-state index is 13.7. The van der Waals surface area contributed by atoms with Gasteiger partial charge in [0.1, 0.15) is 11.4 Å². The lowest BCUT2D eigenvalue weighted by Crippen LogP contribution is -2.77. The van der Waals surface area contributed by atoms with E-state index in [1.807, 2.05) is 30.3 Å². The smallest absolute Gasteiger partial charge is 0.311 e. The molecule has 1 unspecified atom stereocenters. The number of likely N-dealkylation sites (tertiary alicyclic amines) is 1. The number of phenolic OH excluding ortho intramolecular Hbond substituents is 1. The number of benzene rings is 2. The van der Waals surface area contributed by atoms with Crippen molar-refractivity contribution in [1.82, 2.24) is 4.90 Å². The summed E-state index contributed by atoms with van der Waals surface area (Å²) in [6.45, 7) is 1.82. The number of methoxy groups -OCH3 is 1. The van der Waals surface area contributed by atoms with Crippen molar-refractivity contribution in [2.45, 2.75) is 68.1 Å². The summed E-state index contributed by atoms with van der Waals surface area (Å²) in [4.78, 5) is 29.5. The molecule has 4 atom stereocenters. The van der Waals surface area contributed by atoms with Crippen LogP contribution in [-0.2, 0) is 32.6 Å². The standard InChI is InChI=1S/C29H31NO6/c1-34-22-5-3-2-4-18(22)15-24(33)36-29-11-10-21(32)27-28(29)12-13-30(16-17-6-7-17)23(29)14-19-8-9-20(31)26(35-27)25(19)28/h2-5,8-9,17,23,27,31H,6-7,10-16H2,1H3/t23?,27-,28-,29+/m0/s1. The van der Waals surface area contributed by atoms with Gasteiger partial charge in [-0.05, 0) is 62.3 Å². The average molecular weight is 490 g/mol. The molecule has 1 N–H and O–H groups in total. The van der Waals surface area contributed by atoms with E-state index in [1.54, 1.807) is 13.2 Å². The number of Topliss-reactive ketones (excluding diaryl/α,β-unsaturated/α-hetero) is 1. The zero-order valence-electron chi connectivity index (χ0n) is 20.5. The van der Waals surface area contributed by atoms with Gasteiger partial charge < -0.3 is 19.3 Å². The van der Waals surface area contributed by atoms with Gasteiger partial charge in [0.2, 0.25) is 0 Å². The fourth-order valence-electron chi connectivity index (χ4n) is 7.69. The molecule has 2 bridgehead atoms. The Labute approximate surface area is 210 Å². The third-order valence-electron chi connectivity index (χ3n) is 9.34. The van der Waals surface area contributed by atoms with Crippen molar-refractivity contribution in [2.24, 2.45) is 5.92 Å². The number of nitrogens with zero attached hydrogens (tertiary/aromatic N) is 1. The molecule has 36 heavy (non-hydrogen) atoms. The van der Waals surface area contributed by atoms with E-state index in [-0.39, 0.29) is 30.0 Å². The molecule has 188 valence electrons. The first kappa shape index (κ1) is 22.2. The Morgan fingerprint density at radius 1 is 1.19 bits per heavy atom. The van der Waals surface area contributed by atoms with E-state index >= 15 is 0 Å². The van der Waals surface area contributed by atoms with Gasteiger partial charge >= 0.3 is 5.97 Å². The molecule has 5 aliphatic rings. The number of esters is 1. The fourth-order valence-corrected chi connectivity index (χ4v) is 7.69. The summed E-state index contributed by atoms with van der Waals surface area (Å²) in [7, 11) is 1.60. The van der Waals surface area contributed by atoms with Gasteiger partial charge in [0.25, 0.3) is 0 Å². The number of rotatable bonds is 6. The Morgan fingerprint density at radius 3 is 2.83 bits per heavy atom. The molecule has 2 aromatic rings. The molecule has 7 nitrogen and oxygen atoms in total. The van der Waals surface area contributed by atoms with Crippen LogP contribution in [0.3, 0.4) is 0 Å². The van der Waals surface area contributed by atoms with Gasteiger partial charge in [-0.25, -0.2) is 0 Å². The van der Waals surface area contributed by atoms with E-state index in [4.69, 9.17) is 14.2 Å². The molecular weight excluding hydrogens is 458 g/mol. The van der Waals surface area contributed by atoms with Crippen LogP contribution in [0, 0.1) is 5.92 Å². The average Bonchev–Trinajstić information content (AvgIpc) is 3.61. The highest BCUT2D eigenvalue weighted by atomic mass is 16.6. The Morgan fingerprint density at radius 2 is 2.03 bits per heavy atom. The first-order chi connectivity index (χ1) is 17.5. The van der Waals surface area contributed by atoms with Crippen LogP contribution in [0.4, 0.5) is 0 Å². The summed E-state index contributed by atoms with van der Waals surface area (Å²) in [6.07, 6.45) is 3.99. The number of phenols is 1. The van der Waals surface area contributed by atoms with Gasteiger partial charge in [0, 0.05) is 24.1 Å². The van der Waals surface area contributed by atoms with Crippen LogP contribution in [0.5, 0.6) is 17.2 Å². The van der Waals surface area contributed by atoms with Crippen LogP contribution in [0.15, 0.2) is 36.4 Å². The van der Waals surface area contributed by atoms with Crippen LogP contribution in [0.1, 0.15) is 48.8 Å². The summed E-state index contributed by atoms with van der Waals surface area (Å²) in [5.41, 5.74) is 1.11. The lowest BCUT2D eigenvalue weighted by Gasteiger charge is -2.63. The molecule has 3 aliphatic carbocycles. The summed E-state index contributed by atoms with van der Waals surface area (Å²) in [6, 6.07) is 11.1. The number of aromatic hydroxyl groups is 1.